The predicted octanol–water partition coefficient (Wildman–Crippen LogP) is 1.69. The fraction of sp³-hybridized carbons (Fsp3) is 0.882. The van der Waals surface area contributed by atoms with Crippen LogP contribution < -0.4 is 5.32 Å². The highest BCUT2D eigenvalue weighted by Gasteiger charge is 2.42. The first kappa shape index (κ1) is 19.8. The number of amides is 1. The lowest BCUT2D eigenvalue weighted by Gasteiger charge is -2.25. The van der Waals surface area contributed by atoms with E-state index in [4.69, 9.17) is 9.73 Å². The van der Waals surface area contributed by atoms with E-state index in [-0.39, 0.29) is 29.9 Å². The van der Waals surface area contributed by atoms with E-state index in [2.05, 4.69) is 17.1 Å². The molecular weight excluding hydrogens is 419 g/mol. The quantitative estimate of drug-likeness (QED) is 0.403. The molecule has 138 valence electrons. The summed E-state index contributed by atoms with van der Waals surface area (Å²) in [6, 6.07) is 0. The molecule has 7 heteroatoms. The zero-order valence-corrected chi connectivity index (χ0v) is 17.1. The van der Waals surface area contributed by atoms with Crippen LogP contribution in [0.15, 0.2) is 4.99 Å². The minimum absolute atomic E-state index is 0. The van der Waals surface area contributed by atoms with Crippen LogP contribution in [0.25, 0.3) is 0 Å². The van der Waals surface area contributed by atoms with Crippen molar-refractivity contribution in [1.29, 1.82) is 0 Å². The molecule has 1 atom stereocenters. The van der Waals surface area contributed by atoms with Crippen molar-refractivity contribution < 1.29 is 9.53 Å². The number of likely N-dealkylation sites (tertiary alicyclic amines) is 2. The summed E-state index contributed by atoms with van der Waals surface area (Å²) in [5, 5.41) is 3.38. The highest BCUT2D eigenvalue weighted by atomic mass is 127. The van der Waals surface area contributed by atoms with Gasteiger partial charge in [-0.2, -0.15) is 0 Å². The average molecular weight is 450 g/mol. The van der Waals surface area contributed by atoms with E-state index in [0.29, 0.717) is 18.4 Å². The Hall–Kier alpha value is -0.570. The summed E-state index contributed by atoms with van der Waals surface area (Å²) in [7, 11) is 0. The molecule has 0 bridgehead atoms. The van der Waals surface area contributed by atoms with Gasteiger partial charge in [0.15, 0.2) is 5.96 Å². The highest BCUT2D eigenvalue weighted by molar-refractivity contribution is 14.0. The standard InChI is InChI=1S/C17H30N4O2.HI/c1-2-18-16(19-8-5-15(22)20-9-3-4-10-20)21-11-6-17(13-21)7-12-23-14-17;/h2-14H2,1H3,(H,18,19);1H. The maximum atomic E-state index is 12.1. The van der Waals surface area contributed by atoms with Crippen LogP contribution in [0.5, 0.6) is 0 Å². The van der Waals surface area contributed by atoms with Crippen molar-refractivity contribution in [2.24, 2.45) is 10.4 Å². The van der Waals surface area contributed by atoms with Crippen molar-refractivity contribution in [1.82, 2.24) is 15.1 Å². The SMILES string of the molecule is CCNC(=NCCC(=O)N1CCCC1)N1CCC2(CCOC2)C1.I. The van der Waals surface area contributed by atoms with Gasteiger partial charge in [0.25, 0.3) is 0 Å². The van der Waals surface area contributed by atoms with Gasteiger partial charge >= 0.3 is 0 Å². The van der Waals surface area contributed by atoms with Gasteiger partial charge in [-0.1, -0.05) is 0 Å². The van der Waals surface area contributed by atoms with Gasteiger partial charge in [-0.15, -0.1) is 24.0 Å². The van der Waals surface area contributed by atoms with Crippen LogP contribution in [0.4, 0.5) is 0 Å². The van der Waals surface area contributed by atoms with E-state index in [1.165, 1.54) is 6.42 Å². The fourth-order valence-corrected chi connectivity index (χ4v) is 3.90. The predicted molar refractivity (Wildman–Crippen MR) is 106 cm³/mol. The summed E-state index contributed by atoms with van der Waals surface area (Å²) >= 11 is 0. The first-order valence-corrected chi connectivity index (χ1v) is 9.11. The molecule has 3 aliphatic heterocycles. The molecule has 3 saturated heterocycles. The van der Waals surface area contributed by atoms with Crippen LogP contribution in [0, 0.1) is 5.41 Å². The van der Waals surface area contributed by atoms with Gasteiger partial charge in [-0.05, 0) is 32.6 Å². The summed E-state index contributed by atoms with van der Waals surface area (Å²) < 4.78 is 5.60. The summed E-state index contributed by atoms with van der Waals surface area (Å²) in [5.41, 5.74) is 0.335. The molecule has 6 nitrogen and oxygen atoms in total. The second kappa shape index (κ2) is 9.22. The second-order valence-corrected chi connectivity index (χ2v) is 7.05. The van der Waals surface area contributed by atoms with Crippen LogP contribution in [0.2, 0.25) is 0 Å². The Morgan fingerprint density at radius 3 is 2.67 bits per heavy atom. The number of rotatable bonds is 4. The molecule has 0 aliphatic carbocycles. The summed E-state index contributed by atoms with van der Waals surface area (Å²) in [6.07, 6.45) is 5.17. The van der Waals surface area contributed by atoms with Crippen molar-refractivity contribution in [3.63, 3.8) is 0 Å². The third kappa shape index (κ3) is 4.74. The topological polar surface area (TPSA) is 57.2 Å². The van der Waals surface area contributed by atoms with E-state index < -0.39 is 0 Å². The molecule has 3 heterocycles. The van der Waals surface area contributed by atoms with E-state index in [0.717, 1.165) is 71.2 Å². The van der Waals surface area contributed by atoms with Gasteiger partial charge < -0.3 is 19.9 Å². The molecule has 1 unspecified atom stereocenters. The van der Waals surface area contributed by atoms with Gasteiger partial charge in [0.1, 0.15) is 0 Å². The lowest BCUT2D eigenvalue weighted by atomic mass is 9.87. The molecule has 0 saturated carbocycles. The van der Waals surface area contributed by atoms with Gasteiger partial charge in [-0.25, -0.2) is 0 Å². The van der Waals surface area contributed by atoms with Gasteiger partial charge in [0.05, 0.1) is 13.2 Å². The average Bonchev–Trinajstić information content (AvgIpc) is 3.29. The van der Waals surface area contributed by atoms with Crippen molar-refractivity contribution in [2.75, 3.05) is 52.5 Å². The van der Waals surface area contributed by atoms with Crippen molar-refractivity contribution in [3.8, 4) is 0 Å². The van der Waals surface area contributed by atoms with E-state index in [1.54, 1.807) is 0 Å². The summed E-state index contributed by atoms with van der Waals surface area (Å²) in [4.78, 5) is 21.1. The van der Waals surface area contributed by atoms with E-state index >= 15 is 0 Å². The molecule has 1 amide bonds. The molecule has 0 aromatic heterocycles. The molecule has 0 radical (unpaired) electrons. The number of aliphatic imine (C=N–C) groups is 1. The minimum Gasteiger partial charge on any atom is -0.381 e. The smallest absolute Gasteiger partial charge is 0.224 e. The number of nitrogens with one attached hydrogen (secondary N) is 1. The van der Waals surface area contributed by atoms with Gasteiger partial charge in [-0.3, -0.25) is 9.79 Å². The molecule has 3 fully saturated rings. The third-order valence-electron chi connectivity index (χ3n) is 5.30. The zero-order valence-electron chi connectivity index (χ0n) is 14.8. The Balaban J connectivity index is 0.00000208. The molecule has 0 aromatic rings. The van der Waals surface area contributed by atoms with Gasteiger partial charge in [0.2, 0.25) is 5.91 Å². The minimum atomic E-state index is 0. The number of carbonyl (C=O) groups is 1. The molecule has 1 N–H and O–H groups in total. The van der Waals surface area contributed by atoms with Crippen LogP contribution in [-0.4, -0.2) is 74.1 Å². The molecule has 3 aliphatic rings. The second-order valence-electron chi connectivity index (χ2n) is 7.05. The molecule has 1 spiro atoms. The number of guanidine groups is 1. The Bertz CT molecular complexity index is 446. The Morgan fingerprint density at radius 1 is 1.21 bits per heavy atom. The Morgan fingerprint density at radius 2 is 2.00 bits per heavy atom. The van der Waals surface area contributed by atoms with E-state index in [9.17, 15) is 4.79 Å². The maximum absolute atomic E-state index is 12.1. The van der Waals surface area contributed by atoms with Crippen molar-refractivity contribution in [2.45, 2.75) is 39.0 Å². The molecular formula is C17H31IN4O2. The first-order chi connectivity index (χ1) is 11.2. The lowest BCUT2D eigenvalue weighted by molar-refractivity contribution is -0.129. The largest absolute Gasteiger partial charge is 0.381 e. The molecule has 3 rings (SSSR count). The summed E-state index contributed by atoms with van der Waals surface area (Å²) in [6.45, 7) is 9.23. The van der Waals surface area contributed by atoms with E-state index in [1.807, 2.05) is 4.90 Å². The number of nitrogens with zero attached hydrogens (tertiary/aromatic N) is 3. The first-order valence-electron chi connectivity index (χ1n) is 9.11. The molecule has 0 aromatic carbocycles. The maximum Gasteiger partial charge on any atom is 0.224 e. The lowest BCUT2D eigenvalue weighted by Crippen LogP contribution is -2.41. The fourth-order valence-electron chi connectivity index (χ4n) is 3.90. The van der Waals surface area contributed by atoms with Crippen LogP contribution >= 0.6 is 24.0 Å². The Kier molecular flexibility index (Phi) is 7.59. The van der Waals surface area contributed by atoms with Gasteiger partial charge in [0, 0.05) is 51.2 Å². The monoisotopic (exact) mass is 450 g/mol. The molecule has 24 heavy (non-hydrogen) atoms. The normalized spacial score (nSPS) is 27.0. The van der Waals surface area contributed by atoms with Crippen LogP contribution in [-0.2, 0) is 9.53 Å². The van der Waals surface area contributed by atoms with Crippen LogP contribution in [0.3, 0.4) is 0 Å². The van der Waals surface area contributed by atoms with Crippen molar-refractivity contribution in [3.05, 3.63) is 0 Å². The number of ether oxygens (including phenoxy) is 1. The van der Waals surface area contributed by atoms with Crippen LogP contribution in [0.1, 0.15) is 39.0 Å². The van der Waals surface area contributed by atoms with Crippen molar-refractivity contribution >= 4 is 35.8 Å². The third-order valence-corrected chi connectivity index (χ3v) is 5.30. The zero-order chi connectivity index (χ0) is 16.1. The summed E-state index contributed by atoms with van der Waals surface area (Å²) in [5.74, 6) is 1.22. The highest BCUT2D eigenvalue weighted by Crippen LogP contribution is 2.38. The number of carbonyl (C=O) groups excluding carboxylic acids is 1. The Labute approximate surface area is 162 Å². The number of hydrogen-bond donors (Lipinski definition) is 1. The number of hydrogen-bond acceptors (Lipinski definition) is 3. The number of halogens is 1.